The maximum Gasteiger partial charge on any atom is 0.314 e. The molecule has 1 atom stereocenters. The number of rotatable bonds is 7. The fourth-order valence-electron chi connectivity index (χ4n) is 2.99. The number of carbonyl (C=O) groups excluding carboxylic acids is 2. The third-order valence-corrected chi connectivity index (χ3v) is 4.60. The van der Waals surface area contributed by atoms with Gasteiger partial charge in [-0.2, -0.15) is 0 Å². The van der Waals surface area contributed by atoms with Crippen molar-refractivity contribution in [2.75, 3.05) is 11.9 Å². The van der Waals surface area contributed by atoms with E-state index in [4.69, 9.17) is 16.3 Å². The predicted octanol–water partition coefficient (Wildman–Crippen LogP) is 5.38. The van der Waals surface area contributed by atoms with Crippen LogP contribution >= 0.6 is 11.6 Å². The standard InChI is InChI=1S/C22H26ClNO3/c1-14(2)18-7-5-6-8-19(18)24-20(25)13-27-22(26)21(15(3)4)16-9-11-17(23)12-10-16/h5-12,14-15,21H,13H2,1-4H3,(H,24,25)/t21-/m0/s1. The van der Waals surface area contributed by atoms with Gasteiger partial charge in [0.05, 0.1) is 5.92 Å². The molecule has 27 heavy (non-hydrogen) atoms. The second kappa shape index (κ2) is 9.56. The van der Waals surface area contributed by atoms with E-state index in [-0.39, 0.29) is 24.3 Å². The lowest BCUT2D eigenvalue weighted by Crippen LogP contribution is -2.26. The Labute approximate surface area is 165 Å². The first-order chi connectivity index (χ1) is 12.8. The number of benzene rings is 2. The number of amides is 1. The number of hydrogen-bond donors (Lipinski definition) is 1. The molecule has 2 rings (SSSR count). The lowest BCUT2D eigenvalue weighted by molar-refractivity contribution is -0.149. The summed E-state index contributed by atoms with van der Waals surface area (Å²) in [6, 6.07) is 14.7. The highest BCUT2D eigenvalue weighted by Gasteiger charge is 2.26. The molecule has 0 spiro atoms. The summed E-state index contributed by atoms with van der Waals surface area (Å²) in [5, 5.41) is 3.44. The van der Waals surface area contributed by atoms with Gasteiger partial charge in [0.25, 0.3) is 5.91 Å². The Balaban J connectivity index is 2.01. The van der Waals surface area contributed by atoms with Crippen molar-refractivity contribution < 1.29 is 14.3 Å². The lowest BCUT2D eigenvalue weighted by atomic mass is 9.88. The number of ether oxygens (including phenoxy) is 1. The zero-order valence-corrected chi connectivity index (χ0v) is 16.9. The van der Waals surface area contributed by atoms with Crippen molar-refractivity contribution in [1.82, 2.24) is 0 Å². The monoisotopic (exact) mass is 387 g/mol. The number of hydrogen-bond acceptors (Lipinski definition) is 3. The van der Waals surface area contributed by atoms with Gasteiger partial charge in [-0.05, 0) is 41.2 Å². The minimum absolute atomic E-state index is 0.0309. The molecule has 0 saturated carbocycles. The van der Waals surface area contributed by atoms with Crippen LogP contribution < -0.4 is 5.32 Å². The highest BCUT2D eigenvalue weighted by atomic mass is 35.5. The van der Waals surface area contributed by atoms with Crippen LogP contribution in [-0.2, 0) is 14.3 Å². The molecule has 0 radical (unpaired) electrons. The quantitative estimate of drug-likeness (QED) is 0.648. The molecule has 1 N–H and O–H groups in total. The zero-order valence-electron chi connectivity index (χ0n) is 16.2. The van der Waals surface area contributed by atoms with E-state index in [1.165, 1.54) is 0 Å². The molecule has 0 aliphatic heterocycles. The van der Waals surface area contributed by atoms with E-state index in [9.17, 15) is 9.59 Å². The first-order valence-electron chi connectivity index (χ1n) is 9.10. The molecule has 0 aliphatic rings. The van der Waals surface area contributed by atoms with Crippen LogP contribution in [0.2, 0.25) is 5.02 Å². The Bertz CT molecular complexity index is 784. The SMILES string of the molecule is CC(C)c1ccccc1NC(=O)COC(=O)[C@H](c1ccc(Cl)cc1)C(C)C. The molecule has 0 unspecified atom stereocenters. The first-order valence-corrected chi connectivity index (χ1v) is 9.48. The van der Waals surface area contributed by atoms with Gasteiger partial charge < -0.3 is 10.1 Å². The number of esters is 1. The van der Waals surface area contributed by atoms with E-state index in [2.05, 4.69) is 19.2 Å². The Morgan fingerprint density at radius 2 is 1.63 bits per heavy atom. The van der Waals surface area contributed by atoms with Gasteiger partial charge >= 0.3 is 5.97 Å². The third kappa shape index (κ3) is 5.83. The smallest absolute Gasteiger partial charge is 0.314 e. The Hall–Kier alpha value is -2.33. The number of anilines is 1. The van der Waals surface area contributed by atoms with Gasteiger partial charge in [0.2, 0.25) is 0 Å². The maximum atomic E-state index is 12.6. The summed E-state index contributed by atoms with van der Waals surface area (Å²) in [5.41, 5.74) is 2.61. The highest BCUT2D eigenvalue weighted by molar-refractivity contribution is 6.30. The average Bonchev–Trinajstić information content (AvgIpc) is 2.62. The van der Waals surface area contributed by atoms with Gasteiger partial charge in [0.1, 0.15) is 0 Å². The second-order valence-corrected chi connectivity index (χ2v) is 7.61. The molecule has 1 amide bonds. The van der Waals surface area contributed by atoms with Gasteiger partial charge in [-0.3, -0.25) is 9.59 Å². The summed E-state index contributed by atoms with van der Waals surface area (Å²) < 4.78 is 5.30. The van der Waals surface area contributed by atoms with Crippen molar-refractivity contribution in [2.45, 2.75) is 39.5 Å². The number of carbonyl (C=O) groups is 2. The van der Waals surface area contributed by atoms with Gasteiger partial charge in [-0.15, -0.1) is 0 Å². The van der Waals surface area contributed by atoms with Crippen LogP contribution in [-0.4, -0.2) is 18.5 Å². The van der Waals surface area contributed by atoms with Crippen LogP contribution in [0.3, 0.4) is 0 Å². The van der Waals surface area contributed by atoms with E-state index < -0.39 is 11.9 Å². The molecule has 0 fully saturated rings. The summed E-state index contributed by atoms with van der Waals surface area (Å²) >= 11 is 5.92. The van der Waals surface area contributed by atoms with Gasteiger partial charge in [-0.25, -0.2) is 0 Å². The molecule has 0 aliphatic carbocycles. The summed E-state index contributed by atoms with van der Waals surface area (Å²) in [7, 11) is 0. The summed E-state index contributed by atoms with van der Waals surface area (Å²) in [6.45, 7) is 7.69. The van der Waals surface area contributed by atoms with E-state index in [1.54, 1.807) is 12.1 Å². The number of para-hydroxylation sites is 1. The second-order valence-electron chi connectivity index (χ2n) is 7.17. The average molecular weight is 388 g/mol. The number of nitrogens with one attached hydrogen (secondary N) is 1. The van der Waals surface area contributed by atoms with Crippen LogP contribution in [0.15, 0.2) is 48.5 Å². The zero-order chi connectivity index (χ0) is 20.0. The molecule has 0 bridgehead atoms. The molecule has 144 valence electrons. The Morgan fingerprint density at radius 1 is 1.00 bits per heavy atom. The first kappa shape index (κ1) is 21.0. The van der Waals surface area contributed by atoms with E-state index in [0.717, 1.165) is 16.8 Å². The van der Waals surface area contributed by atoms with Crippen LogP contribution in [0.25, 0.3) is 0 Å². The predicted molar refractivity (Wildman–Crippen MR) is 109 cm³/mol. The van der Waals surface area contributed by atoms with E-state index in [0.29, 0.717) is 5.02 Å². The molecule has 0 saturated heterocycles. The van der Waals surface area contributed by atoms with Crippen molar-refractivity contribution in [3.8, 4) is 0 Å². The largest absolute Gasteiger partial charge is 0.455 e. The third-order valence-electron chi connectivity index (χ3n) is 4.35. The Kier molecular flexibility index (Phi) is 7.43. The van der Waals surface area contributed by atoms with Crippen LogP contribution in [0, 0.1) is 5.92 Å². The summed E-state index contributed by atoms with van der Waals surface area (Å²) in [6.07, 6.45) is 0. The van der Waals surface area contributed by atoms with Crippen molar-refractivity contribution in [3.05, 3.63) is 64.7 Å². The molecule has 2 aromatic rings. The maximum absolute atomic E-state index is 12.6. The minimum Gasteiger partial charge on any atom is -0.455 e. The summed E-state index contributed by atoms with van der Waals surface area (Å²) in [4.78, 5) is 24.8. The van der Waals surface area contributed by atoms with Crippen molar-refractivity contribution in [2.24, 2.45) is 5.92 Å². The van der Waals surface area contributed by atoms with Crippen molar-refractivity contribution >= 4 is 29.2 Å². The van der Waals surface area contributed by atoms with Crippen LogP contribution in [0.1, 0.15) is 50.7 Å². The molecule has 0 aromatic heterocycles. The van der Waals surface area contributed by atoms with Gasteiger partial charge in [0, 0.05) is 10.7 Å². The normalized spacial score (nSPS) is 12.1. The molecule has 0 heterocycles. The van der Waals surface area contributed by atoms with Crippen molar-refractivity contribution in [3.63, 3.8) is 0 Å². The Morgan fingerprint density at radius 3 is 2.22 bits per heavy atom. The molecule has 4 nitrogen and oxygen atoms in total. The van der Waals surface area contributed by atoms with E-state index in [1.807, 2.05) is 50.2 Å². The summed E-state index contributed by atoms with van der Waals surface area (Å²) in [5.74, 6) is -0.907. The molecule has 5 heteroatoms. The molecular formula is C22H26ClNO3. The fraction of sp³-hybridized carbons (Fsp3) is 0.364. The topological polar surface area (TPSA) is 55.4 Å². The van der Waals surface area contributed by atoms with Gasteiger partial charge in [0.15, 0.2) is 6.61 Å². The molecular weight excluding hydrogens is 362 g/mol. The van der Waals surface area contributed by atoms with Crippen LogP contribution in [0.5, 0.6) is 0 Å². The highest BCUT2D eigenvalue weighted by Crippen LogP contribution is 2.27. The van der Waals surface area contributed by atoms with Gasteiger partial charge in [-0.1, -0.05) is 69.6 Å². The lowest BCUT2D eigenvalue weighted by Gasteiger charge is -2.20. The minimum atomic E-state index is -0.446. The fourth-order valence-corrected chi connectivity index (χ4v) is 3.12. The molecule has 2 aromatic carbocycles. The number of halogens is 1. The van der Waals surface area contributed by atoms with Crippen molar-refractivity contribution in [1.29, 1.82) is 0 Å². The van der Waals surface area contributed by atoms with E-state index >= 15 is 0 Å². The van der Waals surface area contributed by atoms with Crippen LogP contribution in [0.4, 0.5) is 5.69 Å².